The Kier molecular flexibility index (Phi) is 3.02. The van der Waals surface area contributed by atoms with E-state index in [1.165, 1.54) is 5.41 Å². The minimum absolute atomic E-state index is 0.0115. The van der Waals surface area contributed by atoms with Gasteiger partial charge in [-0.15, -0.1) is 0 Å². The highest BCUT2D eigenvalue weighted by Crippen LogP contribution is 2.38. The standard InChI is InChI=1S/C13H12BrNO3S/c14-6-9-5-13(16)15(7-9)11-8-19(17,18)12-4-2-1-3-10(11)12/h1-4,8-9H,5-7H2. The topological polar surface area (TPSA) is 54.5 Å². The molecule has 1 saturated heterocycles. The Bertz CT molecular complexity index is 681. The van der Waals surface area contributed by atoms with Crippen molar-refractivity contribution in [1.29, 1.82) is 0 Å². The first-order valence-electron chi connectivity index (χ1n) is 5.95. The number of amides is 1. The fraction of sp³-hybridized carbons (Fsp3) is 0.308. The zero-order valence-electron chi connectivity index (χ0n) is 10.0. The second-order valence-electron chi connectivity index (χ2n) is 4.77. The van der Waals surface area contributed by atoms with Crippen LogP contribution in [0.3, 0.4) is 0 Å². The number of carbonyl (C=O) groups excluding carboxylic acids is 1. The summed E-state index contributed by atoms with van der Waals surface area (Å²) in [5, 5.41) is 1.96. The Hall–Kier alpha value is -1.14. The van der Waals surface area contributed by atoms with Crippen LogP contribution in [0.1, 0.15) is 12.0 Å². The summed E-state index contributed by atoms with van der Waals surface area (Å²) in [6, 6.07) is 6.81. The third-order valence-electron chi connectivity index (χ3n) is 3.45. The third kappa shape index (κ3) is 2.03. The molecule has 0 aromatic heterocycles. The number of alkyl halides is 1. The maximum Gasteiger partial charge on any atom is 0.227 e. The molecule has 0 saturated carbocycles. The van der Waals surface area contributed by atoms with Crippen LogP contribution in [0.5, 0.6) is 0 Å². The fourth-order valence-corrected chi connectivity index (χ4v) is 4.38. The van der Waals surface area contributed by atoms with E-state index < -0.39 is 9.84 Å². The Balaban J connectivity index is 2.06. The highest BCUT2D eigenvalue weighted by Gasteiger charge is 2.37. The molecule has 0 bridgehead atoms. The van der Waals surface area contributed by atoms with E-state index in [0.29, 0.717) is 29.1 Å². The van der Waals surface area contributed by atoms with Gasteiger partial charge in [-0.05, 0) is 12.0 Å². The van der Waals surface area contributed by atoms with Crippen molar-refractivity contribution in [3.05, 3.63) is 35.2 Å². The average Bonchev–Trinajstić information content (AvgIpc) is 2.89. The molecule has 0 N–H and O–H groups in total. The highest BCUT2D eigenvalue weighted by atomic mass is 79.9. The van der Waals surface area contributed by atoms with Gasteiger partial charge in [0.05, 0.1) is 16.0 Å². The average molecular weight is 342 g/mol. The molecule has 0 aliphatic carbocycles. The van der Waals surface area contributed by atoms with E-state index in [-0.39, 0.29) is 11.8 Å². The highest BCUT2D eigenvalue weighted by molar-refractivity contribution is 9.09. The van der Waals surface area contributed by atoms with Gasteiger partial charge in [-0.25, -0.2) is 8.42 Å². The summed E-state index contributed by atoms with van der Waals surface area (Å²) in [5.74, 6) is 0.228. The number of nitrogens with zero attached hydrogens (tertiary/aromatic N) is 1. The van der Waals surface area contributed by atoms with Crippen molar-refractivity contribution in [3.63, 3.8) is 0 Å². The summed E-state index contributed by atoms with van der Waals surface area (Å²) in [7, 11) is -3.41. The molecular formula is C13H12BrNO3S. The summed E-state index contributed by atoms with van der Waals surface area (Å²) in [4.78, 5) is 13.9. The lowest BCUT2D eigenvalue weighted by Gasteiger charge is -2.18. The minimum atomic E-state index is -3.41. The number of rotatable bonds is 2. The van der Waals surface area contributed by atoms with Gasteiger partial charge in [-0.1, -0.05) is 34.1 Å². The largest absolute Gasteiger partial charge is 0.311 e. The van der Waals surface area contributed by atoms with Crippen molar-refractivity contribution in [1.82, 2.24) is 4.90 Å². The van der Waals surface area contributed by atoms with Gasteiger partial charge < -0.3 is 4.90 Å². The van der Waals surface area contributed by atoms with Gasteiger partial charge in [0.1, 0.15) is 0 Å². The van der Waals surface area contributed by atoms with Crippen LogP contribution in [0.25, 0.3) is 5.70 Å². The smallest absolute Gasteiger partial charge is 0.227 e. The number of benzene rings is 1. The second kappa shape index (κ2) is 4.45. The number of halogens is 1. The van der Waals surface area contributed by atoms with Crippen molar-refractivity contribution >= 4 is 37.4 Å². The molecule has 1 atom stereocenters. The molecule has 100 valence electrons. The van der Waals surface area contributed by atoms with Crippen molar-refractivity contribution in [2.24, 2.45) is 5.92 Å². The van der Waals surface area contributed by atoms with Crippen LogP contribution in [0.4, 0.5) is 0 Å². The van der Waals surface area contributed by atoms with Gasteiger partial charge in [-0.3, -0.25) is 4.79 Å². The van der Waals surface area contributed by atoms with E-state index >= 15 is 0 Å². The summed E-state index contributed by atoms with van der Waals surface area (Å²) in [6.07, 6.45) is 0.463. The van der Waals surface area contributed by atoms with Crippen LogP contribution < -0.4 is 0 Å². The first-order chi connectivity index (χ1) is 9.03. The molecule has 1 aromatic carbocycles. The predicted molar refractivity (Wildman–Crippen MR) is 75.2 cm³/mol. The summed E-state index contributed by atoms with van der Waals surface area (Å²) >= 11 is 3.38. The lowest BCUT2D eigenvalue weighted by molar-refractivity contribution is -0.125. The second-order valence-corrected chi connectivity index (χ2v) is 7.19. The molecule has 0 radical (unpaired) electrons. The molecule has 0 spiro atoms. The molecule has 2 aliphatic rings. The molecule has 2 heterocycles. The summed E-state index contributed by atoms with van der Waals surface area (Å²) in [6.45, 7) is 0.569. The van der Waals surface area contributed by atoms with E-state index in [4.69, 9.17) is 0 Å². The Morgan fingerprint density at radius 1 is 1.32 bits per heavy atom. The number of hydrogen-bond donors (Lipinski definition) is 0. The number of sulfone groups is 1. The molecule has 1 amide bonds. The minimum Gasteiger partial charge on any atom is -0.311 e. The number of carbonyl (C=O) groups is 1. The molecule has 19 heavy (non-hydrogen) atoms. The first-order valence-corrected chi connectivity index (χ1v) is 8.62. The van der Waals surface area contributed by atoms with Crippen LogP contribution >= 0.6 is 15.9 Å². The van der Waals surface area contributed by atoms with Crippen molar-refractivity contribution in [2.75, 3.05) is 11.9 Å². The molecule has 1 aromatic rings. The quantitative estimate of drug-likeness (QED) is 0.773. The van der Waals surface area contributed by atoms with Crippen LogP contribution in [0, 0.1) is 5.92 Å². The lowest BCUT2D eigenvalue weighted by atomic mass is 10.1. The van der Waals surface area contributed by atoms with E-state index in [0.717, 1.165) is 5.33 Å². The first kappa shape index (κ1) is 12.9. The van der Waals surface area contributed by atoms with Crippen LogP contribution in [0.15, 0.2) is 34.6 Å². The summed E-state index contributed by atoms with van der Waals surface area (Å²) < 4.78 is 24.1. The van der Waals surface area contributed by atoms with Gasteiger partial charge in [0.2, 0.25) is 15.7 Å². The van der Waals surface area contributed by atoms with Gasteiger partial charge >= 0.3 is 0 Å². The molecule has 1 fully saturated rings. The summed E-state index contributed by atoms with van der Waals surface area (Å²) in [5.41, 5.74) is 1.15. The number of likely N-dealkylation sites (tertiary alicyclic amines) is 1. The van der Waals surface area contributed by atoms with Gasteiger partial charge in [0, 0.05) is 23.9 Å². The number of fused-ring (bicyclic) bond motifs is 1. The Morgan fingerprint density at radius 3 is 2.74 bits per heavy atom. The van der Waals surface area contributed by atoms with E-state index in [1.54, 1.807) is 29.2 Å². The fourth-order valence-electron chi connectivity index (χ4n) is 2.53. The van der Waals surface area contributed by atoms with Crippen molar-refractivity contribution in [2.45, 2.75) is 11.3 Å². The van der Waals surface area contributed by atoms with E-state index in [2.05, 4.69) is 15.9 Å². The van der Waals surface area contributed by atoms with E-state index in [9.17, 15) is 13.2 Å². The molecule has 3 rings (SSSR count). The predicted octanol–water partition coefficient (Wildman–Crippen LogP) is 2.02. The van der Waals surface area contributed by atoms with Gasteiger partial charge in [-0.2, -0.15) is 0 Å². The Labute approximate surface area is 120 Å². The van der Waals surface area contributed by atoms with Gasteiger partial charge in [0.25, 0.3) is 0 Å². The van der Waals surface area contributed by atoms with Crippen LogP contribution in [-0.4, -0.2) is 31.1 Å². The zero-order valence-corrected chi connectivity index (χ0v) is 12.4. The van der Waals surface area contributed by atoms with Gasteiger partial charge in [0.15, 0.2) is 0 Å². The van der Waals surface area contributed by atoms with Crippen LogP contribution in [0.2, 0.25) is 0 Å². The molecule has 6 heteroatoms. The maximum absolute atomic E-state index is 12.1. The Morgan fingerprint density at radius 2 is 2.05 bits per heavy atom. The van der Waals surface area contributed by atoms with Crippen LogP contribution in [-0.2, 0) is 14.6 Å². The lowest BCUT2D eigenvalue weighted by Crippen LogP contribution is -2.23. The normalized spacial score (nSPS) is 24.5. The van der Waals surface area contributed by atoms with Crippen molar-refractivity contribution < 1.29 is 13.2 Å². The molecule has 1 unspecified atom stereocenters. The molecule has 2 aliphatic heterocycles. The van der Waals surface area contributed by atoms with E-state index in [1.807, 2.05) is 0 Å². The monoisotopic (exact) mass is 341 g/mol. The SMILES string of the molecule is O=C1CC(CBr)CN1C1=CS(=O)(=O)c2ccccc21. The zero-order chi connectivity index (χ0) is 13.6. The molecule has 4 nitrogen and oxygen atoms in total. The maximum atomic E-state index is 12.1. The van der Waals surface area contributed by atoms with Crippen molar-refractivity contribution in [3.8, 4) is 0 Å². The third-order valence-corrected chi connectivity index (χ3v) is 5.87. The number of hydrogen-bond acceptors (Lipinski definition) is 3. The molecular weight excluding hydrogens is 330 g/mol.